The van der Waals surface area contributed by atoms with Crippen molar-refractivity contribution in [1.82, 2.24) is 5.32 Å². The summed E-state index contributed by atoms with van der Waals surface area (Å²) in [6, 6.07) is 8.22. The van der Waals surface area contributed by atoms with Gasteiger partial charge in [-0.2, -0.15) is 0 Å². The number of hydrogen-bond acceptors (Lipinski definition) is 3. The predicted molar refractivity (Wildman–Crippen MR) is 90.1 cm³/mol. The molecule has 2 rings (SSSR count). The van der Waals surface area contributed by atoms with Crippen LogP contribution in [0.1, 0.15) is 38.2 Å². The predicted octanol–water partition coefficient (Wildman–Crippen LogP) is 2.98. The van der Waals surface area contributed by atoms with Crippen molar-refractivity contribution in [1.29, 1.82) is 0 Å². The Morgan fingerprint density at radius 3 is 2.55 bits per heavy atom. The van der Waals surface area contributed by atoms with Gasteiger partial charge in [0.1, 0.15) is 0 Å². The van der Waals surface area contributed by atoms with Gasteiger partial charge >= 0.3 is 0 Å². The first-order valence-electron chi connectivity index (χ1n) is 8.30. The van der Waals surface area contributed by atoms with Gasteiger partial charge in [-0.05, 0) is 56.5 Å². The molecule has 0 unspecified atom stereocenters. The number of piperidine rings is 1. The number of hydrogen-bond donors (Lipinski definition) is 2. The Morgan fingerprint density at radius 1 is 1.27 bits per heavy atom. The molecule has 0 bridgehead atoms. The van der Waals surface area contributed by atoms with Crippen molar-refractivity contribution in [2.75, 3.05) is 32.1 Å². The van der Waals surface area contributed by atoms with Crippen molar-refractivity contribution in [3.05, 3.63) is 29.8 Å². The van der Waals surface area contributed by atoms with Crippen molar-refractivity contribution in [3.63, 3.8) is 0 Å². The highest BCUT2D eigenvalue weighted by Crippen LogP contribution is 2.31. The van der Waals surface area contributed by atoms with Gasteiger partial charge in [-0.25, -0.2) is 0 Å². The first-order valence-corrected chi connectivity index (χ1v) is 8.30. The standard InChI is InChI=1S/C18H28N2O2/c1-3-4-5-15-6-8-16(9-7-15)20-17(21)18(14-22-2)10-12-19-13-11-18/h6-9,19H,3-5,10-14H2,1-2H3,(H,20,21). The van der Waals surface area contributed by atoms with Gasteiger partial charge in [-0.15, -0.1) is 0 Å². The number of carbonyl (C=O) groups excluding carboxylic acids is 1. The molecule has 1 heterocycles. The van der Waals surface area contributed by atoms with Gasteiger partial charge in [0.15, 0.2) is 0 Å². The van der Waals surface area contributed by atoms with Crippen LogP contribution in [-0.4, -0.2) is 32.7 Å². The molecule has 0 saturated carbocycles. The Kier molecular flexibility index (Phi) is 6.40. The molecule has 1 aromatic rings. The van der Waals surface area contributed by atoms with Gasteiger partial charge < -0.3 is 15.4 Å². The second-order valence-corrected chi connectivity index (χ2v) is 6.22. The van der Waals surface area contributed by atoms with Crippen LogP contribution in [0.3, 0.4) is 0 Å². The van der Waals surface area contributed by atoms with Crippen LogP contribution >= 0.6 is 0 Å². The van der Waals surface area contributed by atoms with Crippen LogP contribution in [-0.2, 0) is 16.0 Å². The van der Waals surface area contributed by atoms with E-state index in [9.17, 15) is 4.79 Å². The van der Waals surface area contributed by atoms with Gasteiger partial charge in [0, 0.05) is 12.8 Å². The molecule has 0 radical (unpaired) electrons. The zero-order valence-electron chi connectivity index (χ0n) is 13.8. The second-order valence-electron chi connectivity index (χ2n) is 6.22. The monoisotopic (exact) mass is 304 g/mol. The number of carbonyl (C=O) groups is 1. The number of aryl methyl sites for hydroxylation is 1. The fourth-order valence-corrected chi connectivity index (χ4v) is 3.02. The fraction of sp³-hybridized carbons (Fsp3) is 0.611. The molecule has 22 heavy (non-hydrogen) atoms. The molecule has 122 valence electrons. The number of anilines is 1. The molecule has 1 aromatic carbocycles. The van der Waals surface area contributed by atoms with Crippen LogP contribution in [0, 0.1) is 5.41 Å². The number of benzene rings is 1. The van der Waals surface area contributed by atoms with Gasteiger partial charge in [0.25, 0.3) is 0 Å². The summed E-state index contributed by atoms with van der Waals surface area (Å²) < 4.78 is 5.32. The zero-order valence-corrected chi connectivity index (χ0v) is 13.8. The molecule has 0 aromatic heterocycles. The highest BCUT2D eigenvalue weighted by atomic mass is 16.5. The third-order valence-electron chi connectivity index (χ3n) is 4.49. The van der Waals surface area contributed by atoms with E-state index in [0.717, 1.165) is 38.0 Å². The Balaban J connectivity index is 2.00. The number of ether oxygens (including phenoxy) is 1. The largest absolute Gasteiger partial charge is 0.384 e. The summed E-state index contributed by atoms with van der Waals surface area (Å²) in [5.41, 5.74) is 1.80. The molecule has 1 saturated heterocycles. The quantitative estimate of drug-likeness (QED) is 0.814. The third kappa shape index (κ3) is 4.31. The maximum Gasteiger partial charge on any atom is 0.233 e. The lowest BCUT2D eigenvalue weighted by atomic mass is 9.78. The van der Waals surface area contributed by atoms with E-state index in [4.69, 9.17) is 4.74 Å². The van der Waals surface area contributed by atoms with Crippen molar-refractivity contribution >= 4 is 11.6 Å². The maximum absolute atomic E-state index is 12.7. The Hall–Kier alpha value is -1.39. The Bertz CT molecular complexity index is 459. The van der Waals surface area contributed by atoms with Gasteiger partial charge in [0.2, 0.25) is 5.91 Å². The number of unbranched alkanes of at least 4 members (excludes halogenated alkanes) is 1. The third-order valence-corrected chi connectivity index (χ3v) is 4.49. The van der Waals surface area contributed by atoms with E-state index in [0.29, 0.717) is 6.61 Å². The fourth-order valence-electron chi connectivity index (χ4n) is 3.02. The first-order chi connectivity index (χ1) is 10.7. The molecule has 1 amide bonds. The topological polar surface area (TPSA) is 50.4 Å². The summed E-state index contributed by atoms with van der Waals surface area (Å²) in [6.07, 6.45) is 5.15. The summed E-state index contributed by atoms with van der Waals surface area (Å²) in [5.74, 6) is 0.0807. The minimum atomic E-state index is -0.402. The average molecular weight is 304 g/mol. The SMILES string of the molecule is CCCCc1ccc(NC(=O)C2(COC)CCNCC2)cc1. The molecule has 0 aliphatic carbocycles. The average Bonchev–Trinajstić information content (AvgIpc) is 2.55. The second kappa shape index (κ2) is 8.30. The van der Waals surface area contributed by atoms with Crippen LogP contribution in [0.2, 0.25) is 0 Å². The summed E-state index contributed by atoms with van der Waals surface area (Å²) in [5, 5.41) is 6.38. The Labute approximate surface area is 133 Å². The molecule has 4 nitrogen and oxygen atoms in total. The molecule has 1 aliphatic heterocycles. The molecule has 1 fully saturated rings. The van der Waals surface area contributed by atoms with Gasteiger partial charge in [0.05, 0.1) is 12.0 Å². The minimum absolute atomic E-state index is 0.0807. The first kappa shape index (κ1) is 17.0. The number of rotatable bonds is 7. The molecule has 2 N–H and O–H groups in total. The zero-order chi connectivity index (χ0) is 15.8. The van der Waals surface area contributed by atoms with Gasteiger partial charge in [-0.1, -0.05) is 25.5 Å². The minimum Gasteiger partial charge on any atom is -0.384 e. The molecule has 0 spiro atoms. The number of amides is 1. The van der Waals surface area contributed by atoms with Crippen LogP contribution in [0.5, 0.6) is 0 Å². The number of nitrogens with one attached hydrogen (secondary N) is 2. The van der Waals surface area contributed by atoms with E-state index in [-0.39, 0.29) is 5.91 Å². The molecular formula is C18H28N2O2. The lowest BCUT2D eigenvalue weighted by molar-refractivity contribution is -0.130. The lowest BCUT2D eigenvalue weighted by Gasteiger charge is -2.35. The Morgan fingerprint density at radius 2 is 1.95 bits per heavy atom. The summed E-state index contributed by atoms with van der Waals surface area (Å²) >= 11 is 0. The van der Waals surface area contributed by atoms with Crippen LogP contribution in [0.25, 0.3) is 0 Å². The summed E-state index contributed by atoms with van der Waals surface area (Å²) in [7, 11) is 1.67. The van der Waals surface area contributed by atoms with Crippen molar-refractivity contribution < 1.29 is 9.53 Å². The van der Waals surface area contributed by atoms with Crippen molar-refractivity contribution in [2.45, 2.75) is 39.0 Å². The molecule has 4 heteroatoms. The summed E-state index contributed by atoms with van der Waals surface area (Å²) in [4.78, 5) is 12.7. The van der Waals surface area contributed by atoms with E-state index in [1.807, 2.05) is 12.1 Å². The molecule has 0 atom stereocenters. The summed E-state index contributed by atoms with van der Waals surface area (Å²) in [6.45, 7) is 4.41. The van der Waals surface area contributed by atoms with Crippen molar-refractivity contribution in [2.24, 2.45) is 5.41 Å². The smallest absolute Gasteiger partial charge is 0.233 e. The van der Waals surface area contributed by atoms with E-state index in [2.05, 4.69) is 29.7 Å². The van der Waals surface area contributed by atoms with Crippen LogP contribution < -0.4 is 10.6 Å². The van der Waals surface area contributed by atoms with E-state index >= 15 is 0 Å². The number of methoxy groups -OCH3 is 1. The lowest BCUT2D eigenvalue weighted by Crippen LogP contribution is -2.47. The van der Waals surface area contributed by atoms with Gasteiger partial charge in [-0.3, -0.25) is 4.79 Å². The molecular weight excluding hydrogens is 276 g/mol. The van der Waals surface area contributed by atoms with Crippen molar-refractivity contribution in [3.8, 4) is 0 Å². The van der Waals surface area contributed by atoms with Crippen LogP contribution in [0.4, 0.5) is 5.69 Å². The molecule has 1 aliphatic rings. The highest BCUT2D eigenvalue weighted by Gasteiger charge is 2.39. The highest BCUT2D eigenvalue weighted by molar-refractivity contribution is 5.95. The van der Waals surface area contributed by atoms with E-state index in [1.54, 1.807) is 7.11 Å². The normalized spacial score (nSPS) is 17.2. The van der Waals surface area contributed by atoms with E-state index < -0.39 is 5.41 Å². The van der Waals surface area contributed by atoms with E-state index in [1.165, 1.54) is 18.4 Å². The maximum atomic E-state index is 12.7. The van der Waals surface area contributed by atoms with Crippen LogP contribution in [0.15, 0.2) is 24.3 Å².